The fraction of sp³-hybridized carbons (Fsp3) is 0.0370. The van der Waals surface area contributed by atoms with E-state index in [0.29, 0.717) is 0 Å². The third-order valence-corrected chi connectivity index (χ3v) is 5.10. The van der Waals surface area contributed by atoms with Crippen LogP contribution in [0.15, 0.2) is 108 Å². The maximum absolute atomic E-state index is 5.73. The molecule has 0 aliphatic heterocycles. The van der Waals surface area contributed by atoms with Gasteiger partial charge in [0.2, 0.25) is 0 Å². The van der Waals surface area contributed by atoms with Gasteiger partial charge in [0, 0.05) is 17.2 Å². The number of benzene rings is 3. The molecule has 144 valence electrons. The summed E-state index contributed by atoms with van der Waals surface area (Å²) in [4.78, 5) is 5.10. The molecule has 0 amide bonds. The average molecular weight is 388 g/mol. The number of aromatic nitrogens is 2. The van der Waals surface area contributed by atoms with Crippen molar-refractivity contribution in [2.24, 2.45) is 0 Å². The predicted octanol–water partition coefficient (Wildman–Crippen LogP) is 7.05. The van der Waals surface area contributed by atoms with E-state index in [9.17, 15) is 0 Å². The van der Waals surface area contributed by atoms with Gasteiger partial charge in [-0.15, -0.1) is 0 Å². The summed E-state index contributed by atoms with van der Waals surface area (Å²) in [6.07, 6.45) is 0. The molecule has 30 heavy (non-hydrogen) atoms. The van der Waals surface area contributed by atoms with E-state index in [0.717, 1.165) is 50.7 Å². The molecule has 0 fully saturated rings. The molecule has 5 aromatic rings. The summed E-state index contributed by atoms with van der Waals surface area (Å²) in [5, 5.41) is 4.14. The van der Waals surface area contributed by atoms with Gasteiger partial charge in [0.1, 0.15) is 0 Å². The minimum atomic E-state index is 0.720. The summed E-state index contributed by atoms with van der Waals surface area (Å²) in [6.45, 7) is 1.93. The third kappa shape index (κ3) is 3.42. The number of hydrogen-bond donors (Lipinski definition) is 0. The van der Waals surface area contributed by atoms with Crippen LogP contribution in [0.4, 0.5) is 0 Å². The summed E-state index contributed by atoms with van der Waals surface area (Å²) < 4.78 is 5.73. The molecule has 3 aromatic carbocycles. The summed E-state index contributed by atoms with van der Waals surface area (Å²) >= 11 is 0. The van der Waals surface area contributed by atoms with Crippen molar-refractivity contribution in [2.75, 3.05) is 0 Å². The normalized spacial score (nSPS) is 10.8. The largest absolute Gasteiger partial charge is 0.356 e. The van der Waals surface area contributed by atoms with Crippen molar-refractivity contribution >= 4 is 0 Å². The Kier molecular flexibility index (Phi) is 4.70. The SMILES string of the molecule is Cc1cc(-c2c(-c3ccccc3)cc(-c3ccccc3)nc2-c2ccccc2)on1. The molecule has 0 saturated heterocycles. The average Bonchev–Trinajstić information content (AvgIpc) is 3.26. The van der Waals surface area contributed by atoms with Crippen molar-refractivity contribution in [2.45, 2.75) is 6.92 Å². The van der Waals surface area contributed by atoms with Crippen LogP contribution in [0, 0.1) is 6.92 Å². The molecule has 5 rings (SSSR count). The van der Waals surface area contributed by atoms with Crippen molar-refractivity contribution in [1.82, 2.24) is 10.1 Å². The summed E-state index contributed by atoms with van der Waals surface area (Å²) in [5.41, 5.74) is 7.89. The van der Waals surface area contributed by atoms with Crippen molar-refractivity contribution in [3.63, 3.8) is 0 Å². The van der Waals surface area contributed by atoms with Crippen molar-refractivity contribution in [1.29, 1.82) is 0 Å². The summed E-state index contributed by atoms with van der Waals surface area (Å²) in [6, 6.07) is 35.0. The Hall–Kier alpha value is -3.98. The first kappa shape index (κ1) is 18.1. The van der Waals surface area contributed by atoms with Gasteiger partial charge in [-0.2, -0.15) is 0 Å². The molecule has 2 aromatic heterocycles. The lowest BCUT2D eigenvalue weighted by atomic mass is 9.92. The van der Waals surface area contributed by atoms with E-state index < -0.39 is 0 Å². The fourth-order valence-corrected chi connectivity index (χ4v) is 3.68. The highest BCUT2D eigenvalue weighted by Crippen LogP contribution is 2.41. The van der Waals surface area contributed by atoms with Gasteiger partial charge in [0.15, 0.2) is 5.76 Å². The van der Waals surface area contributed by atoms with E-state index in [1.807, 2.05) is 55.5 Å². The smallest absolute Gasteiger partial charge is 0.169 e. The second-order valence-corrected chi connectivity index (χ2v) is 7.21. The van der Waals surface area contributed by atoms with E-state index in [2.05, 4.69) is 59.8 Å². The van der Waals surface area contributed by atoms with Crippen LogP contribution in [0.5, 0.6) is 0 Å². The second kappa shape index (κ2) is 7.80. The quantitative estimate of drug-likeness (QED) is 0.331. The maximum atomic E-state index is 5.73. The van der Waals surface area contributed by atoms with Crippen molar-refractivity contribution in [3.8, 4) is 45.0 Å². The lowest BCUT2D eigenvalue weighted by Crippen LogP contribution is -1.96. The van der Waals surface area contributed by atoms with Gasteiger partial charge < -0.3 is 4.52 Å². The monoisotopic (exact) mass is 388 g/mol. The molecular formula is C27H20N2O. The van der Waals surface area contributed by atoms with Gasteiger partial charge in [-0.05, 0) is 24.1 Å². The Morgan fingerprint density at radius 1 is 0.633 bits per heavy atom. The first-order chi connectivity index (χ1) is 14.8. The molecule has 0 N–H and O–H groups in total. The van der Waals surface area contributed by atoms with E-state index in [4.69, 9.17) is 9.51 Å². The molecule has 0 radical (unpaired) electrons. The minimum Gasteiger partial charge on any atom is -0.356 e. The third-order valence-electron chi connectivity index (χ3n) is 5.10. The van der Waals surface area contributed by atoms with E-state index in [-0.39, 0.29) is 0 Å². The first-order valence-corrected chi connectivity index (χ1v) is 9.94. The van der Waals surface area contributed by atoms with Crippen LogP contribution in [0.2, 0.25) is 0 Å². The van der Waals surface area contributed by atoms with Crippen LogP contribution >= 0.6 is 0 Å². The lowest BCUT2D eigenvalue weighted by molar-refractivity contribution is 0.427. The number of nitrogens with zero attached hydrogens (tertiary/aromatic N) is 2. The standard InChI is InChI=1S/C27H20N2O/c1-19-17-25(30-29-19)26-23(20-11-5-2-6-12-20)18-24(21-13-7-3-8-14-21)28-27(26)22-15-9-4-10-16-22/h2-18H,1H3. The lowest BCUT2D eigenvalue weighted by Gasteiger charge is -2.15. The van der Waals surface area contributed by atoms with Gasteiger partial charge in [-0.25, -0.2) is 4.98 Å². The van der Waals surface area contributed by atoms with Crippen LogP contribution in [0.1, 0.15) is 5.69 Å². The van der Waals surface area contributed by atoms with Crippen LogP contribution in [0.3, 0.4) is 0 Å². The van der Waals surface area contributed by atoms with Crippen LogP contribution < -0.4 is 0 Å². The van der Waals surface area contributed by atoms with Gasteiger partial charge in [-0.3, -0.25) is 0 Å². The molecule has 0 spiro atoms. The zero-order valence-electron chi connectivity index (χ0n) is 16.6. The minimum absolute atomic E-state index is 0.720. The Balaban J connectivity index is 1.87. The zero-order valence-corrected chi connectivity index (χ0v) is 16.6. The van der Waals surface area contributed by atoms with Gasteiger partial charge >= 0.3 is 0 Å². The Morgan fingerprint density at radius 3 is 1.77 bits per heavy atom. The highest BCUT2D eigenvalue weighted by Gasteiger charge is 2.21. The molecule has 0 atom stereocenters. The highest BCUT2D eigenvalue weighted by molar-refractivity contribution is 5.93. The topological polar surface area (TPSA) is 38.9 Å². The van der Waals surface area contributed by atoms with Gasteiger partial charge in [-0.1, -0.05) is 96.2 Å². The molecule has 0 aliphatic carbocycles. The van der Waals surface area contributed by atoms with Crippen LogP contribution in [-0.2, 0) is 0 Å². The van der Waals surface area contributed by atoms with Crippen LogP contribution in [0.25, 0.3) is 45.0 Å². The number of hydrogen-bond acceptors (Lipinski definition) is 3. The molecule has 3 heteroatoms. The predicted molar refractivity (Wildman–Crippen MR) is 121 cm³/mol. The van der Waals surface area contributed by atoms with Crippen LogP contribution in [-0.4, -0.2) is 10.1 Å². The summed E-state index contributed by atoms with van der Waals surface area (Å²) in [7, 11) is 0. The van der Waals surface area contributed by atoms with E-state index in [1.165, 1.54) is 0 Å². The van der Waals surface area contributed by atoms with Gasteiger partial charge in [0.05, 0.1) is 22.6 Å². The first-order valence-electron chi connectivity index (χ1n) is 9.94. The summed E-state index contributed by atoms with van der Waals surface area (Å²) in [5.74, 6) is 0.720. The highest BCUT2D eigenvalue weighted by atomic mass is 16.5. The molecule has 3 nitrogen and oxygen atoms in total. The number of pyridine rings is 1. The van der Waals surface area contributed by atoms with Gasteiger partial charge in [0.25, 0.3) is 0 Å². The molecular weight excluding hydrogens is 368 g/mol. The fourth-order valence-electron chi connectivity index (χ4n) is 3.68. The Bertz CT molecular complexity index is 1220. The Labute approximate surface area is 175 Å². The molecule has 0 bridgehead atoms. The second-order valence-electron chi connectivity index (χ2n) is 7.21. The van der Waals surface area contributed by atoms with Crippen molar-refractivity contribution in [3.05, 3.63) is 109 Å². The maximum Gasteiger partial charge on any atom is 0.169 e. The molecule has 0 aliphatic rings. The zero-order chi connectivity index (χ0) is 20.3. The van der Waals surface area contributed by atoms with Crippen molar-refractivity contribution < 1.29 is 4.52 Å². The molecule has 0 unspecified atom stereocenters. The molecule has 2 heterocycles. The number of aryl methyl sites for hydroxylation is 1. The Morgan fingerprint density at radius 2 is 1.20 bits per heavy atom. The molecule has 0 saturated carbocycles. The number of rotatable bonds is 4. The van der Waals surface area contributed by atoms with E-state index >= 15 is 0 Å². The van der Waals surface area contributed by atoms with E-state index in [1.54, 1.807) is 0 Å².